The molecule has 1 amide bonds. The Labute approximate surface area is 116 Å². The molecule has 2 rings (SSSR count). The third kappa shape index (κ3) is 4.08. The highest BCUT2D eigenvalue weighted by Crippen LogP contribution is 2.22. The lowest BCUT2D eigenvalue weighted by molar-refractivity contribution is 0.0155. The summed E-state index contributed by atoms with van der Waals surface area (Å²) < 4.78 is 5.41. The van der Waals surface area contributed by atoms with Crippen molar-refractivity contribution in [1.29, 1.82) is 0 Å². The minimum Gasteiger partial charge on any atom is -0.444 e. The number of amides is 1. The third-order valence-electron chi connectivity index (χ3n) is 3.89. The quantitative estimate of drug-likeness (QED) is 0.782. The number of carbonyl (C=O) groups is 1. The van der Waals surface area contributed by atoms with Crippen molar-refractivity contribution in [3.63, 3.8) is 0 Å². The molecule has 2 heterocycles. The summed E-state index contributed by atoms with van der Waals surface area (Å²) in [5.74, 6) is 0. The lowest BCUT2D eigenvalue weighted by Crippen LogP contribution is -2.47. The van der Waals surface area contributed by atoms with E-state index in [1.807, 2.05) is 25.7 Å². The van der Waals surface area contributed by atoms with Crippen LogP contribution in [-0.4, -0.2) is 59.8 Å². The van der Waals surface area contributed by atoms with E-state index in [1.165, 1.54) is 0 Å². The summed E-state index contributed by atoms with van der Waals surface area (Å²) in [5.41, 5.74) is 5.54. The smallest absolute Gasteiger partial charge is 0.410 e. The van der Waals surface area contributed by atoms with Crippen LogP contribution in [-0.2, 0) is 4.74 Å². The van der Waals surface area contributed by atoms with Gasteiger partial charge in [0.1, 0.15) is 5.60 Å². The number of likely N-dealkylation sites (tertiary alicyclic amines) is 2. The molecule has 2 aliphatic heterocycles. The van der Waals surface area contributed by atoms with Crippen molar-refractivity contribution in [3.05, 3.63) is 0 Å². The summed E-state index contributed by atoms with van der Waals surface area (Å²) in [6.45, 7) is 9.43. The van der Waals surface area contributed by atoms with Gasteiger partial charge in [-0.1, -0.05) is 0 Å². The number of nitrogens with zero attached hydrogens (tertiary/aromatic N) is 2. The predicted octanol–water partition coefficient (Wildman–Crippen LogP) is 1.42. The monoisotopic (exact) mass is 269 g/mol. The second-order valence-electron chi connectivity index (χ2n) is 6.74. The van der Waals surface area contributed by atoms with E-state index in [0.29, 0.717) is 12.1 Å². The van der Waals surface area contributed by atoms with Crippen LogP contribution in [0.5, 0.6) is 0 Å². The average Bonchev–Trinajstić information content (AvgIpc) is 2.74. The highest BCUT2D eigenvalue weighted by atomic mass is 16.6. The van der Waals surface area contributed by atoms with Gasteiger partial charge in [-0.3, -0.25) is 4.90 Å². The molecule has 5 heteroatoms. The molecule has 0 saturated carbocycles. The van der Waals surface area contributed by atoms with Gasteiger partial charge in [-0.25, -0.2) is 4.79 Å². The minimum atomic E-state index is -0.407. The SMILES string of the molecule is CC(C)(C)OC(=O)N1CCC(N2CC[C@H](N)C2)CC1. The molecule has 0 unspecified atom stereocenters. The zero-order valence-corrected chi connectivity index (χ0v) is 12.4. The van der Waals surface area contributed by atoms with Crippen LogP contribution in [0, 0.1) is 0 Å². The molecular weight excluding hydrogens is 242 g/mol. The molecule has 0 aromatic rings. The van der Waals surface area contributed by atoms with Gasteiger partial charge in [0.15, 0.2) is 0 Å². The molecule has 2 saturated heterocycles. The maximum absolute atomic E-state index is 12.0. The maximum Gasteiger partial charge on any atom is 0.410 e. The summed E-state index contributed by atoms with van der Waals surface area (Å²) in [7, 11) is 0. The summed E-state index contributed by atoms with van der Waals surface area (Å²) in [6.07, 6.45) is 2.99. The van der Waals surface area contributed by atoms with Crippen molar-refractivity contribution in [2.24, 2.45) is 5.73 Å². The largest absolute Gasteiger partial charge is 0.444 e. The normalized spacial score (nSPS) is 26.7. The summed E-state index contributed by atoms with van der Waals surface area (Å²) >= 11 is 0. The molecule has 0 spiro atoms. The molecular formula is C14H27N3O2. The first-order chi connectivity index (χ1) is 8.85. The summed E-state index contributed by atoms with van der Waals surface area (Å²) in [6, 6.07) is 0.927. The fourth-order valence-electron chi connectivity index (χ4n) is 2.89. The van der Waals surface area contributed by atoms with Crippen molar-refractivity contribution in [2.45, 2.75) is 57.7 Å². The van der Waals surface area contributed by atoms with Gasteiger partial charge >= 0.3 is 6.09 Å². The molecule has 0 bridgehead atoms. The molecule has 0 aromatic heterocycles. The van der Waals surface area contributed by atoms with Gasteiger partial charge < -0.3 is 15.4 Å². The van der Waals surface area contributed by atoms with E-state index in [-0.39, 0.29) is 6.09 Å². The van der Waals surface area contributed by atoms with Gasteiger partial charge in [0.05, 0.1) is 0 Å². The van der Waals surface area contributed by atoms with Crippen molar-refractivity contribution in [1.82, 2.24) is 9.80 Å². The molecule has 2 fully saturated rings. The Bertz CT molecular complexity index is 319. The van der Waals surface area contributed by atoms with Crippen molar-refractivity contribution in [3.8, 4) is 0 Å². The number of ether oxygens (including phenoxy) is 1. The highest BCUT2D eigenvalue weighted by Gasteiger charge is 2.31. The zero-order valence-electron chi connectivity index (χ0n) is 12.4. The van der Waals surface area contributed by atoms with E-state index >= 15 is 0 Å². The Kier molecular flexibility index (Phi) is 4.36. The Balaban J connectivity index is 1.77. The lowest BCUT2D eigenvalue weighted by atomic mass is 10.0. The maximum atomic E-state index is 12.0. The van der Waals surface area contributed by atoms with Gasteiger partial charge in [0, 0.05) is 38.3 Å². The molecule has 110 valence electrons. The number of hydrogen-bond acceptors (Lipinski definition) is 4. The molecule has 5 nitrogen and oxygen atoms in total. The molecule has 0 radical (unpaired) electrons. The third-order valence-corrected chi connectivity index (χ3v) is 3.89. The summed E-state index contributed by atoms with van der Waals surface area (Å²) in [5, 5.41) is 0. The zero-order chi connectivity index (χ0) is 14.0. The molecule has 2 aliphatic rings. The lowest BCUT2D eigenvalue weighted by Gasteiger charge is -2.37. The molecule has 0 aliphatic carbocycles. The topological polar surface area (TPSA) is 58.8 Å². The number of carbonyl (C=O) groups excluding carboxylic acids is 1. The van der Waals surface area contributed by atoms with Crippen LogP contribution >= 0.6 is 0 Å². The van der Waals surface area contributed by atoms with E-state index < -0.39 is 5.60 Å². The van der Waals surface area contributed by atoms with Crippen LogP contribution in [0.15, 0.2) is 0 Å². The Morgan fingerprint density at radius 2 is 1.79 bits per heavy atom. The van der Waals surface area contributed by atoms with Gasteiger partial charge in [-0.15, -0.1) is 0 Å². The average molecular weight is 269 g/mol. The van der Waals surface area contributed by atoms with E-state index in [0.717, 1.165) is 45.4 Å². The fraction of sp³-hybridized carbons (Fsp3) is 0.929. The van der Waals surface area contributed by atoms with Crippen LogP contribution < -0.4 is 5.73 Å². The minimum absolute atomic E-state index is 0.177. The van der Waals surface area contributed by atoms with Gasteiger partial charge in [0.25, 0.3) is 0 Å². The molecule has 0 aromatic carbocycles. The van der Waals surface area contributed by atoms with E-state index in [1.54, 1.807) is 0 Å². The number of rotatable bonds is 1. The Hall–Kier alpha value is -0.810. The van der Waals surface area contributed by atoms with Crippen LogP contribution in [0.2, 0.25) is 0 Å². The van der Waals surface area contributed by atoms with Crippen LogP contribution in [0.4, 0.5) is 4.79 Å². The van der Waals surface area contributed by atoms with E-state index in [4.69, 9.17) is 10.5 Å². The number of piperidine rings is 1. The van der Waals surface area contributed by atoms with Crippen LogP contribution in [0.1, 0.15) is 40.0 Å². The van der Waals surface area contributed by atoms with Crippen LogP contribution in [0.25, 0.3) is 0 Å². The van der Waals surface area contributed by atoms with Crippen molar-refractivity contribution < 1.29 is 9.53 Å². The first-order valence-electron chi connectivity index (χ1n) is 7.33. The number of hydrogen-bond donors (Lipinski definition) is 1. The van der Waals surface area contributed by atoms with Gasteiger partial charge in [-0.2, -0.15) is 0 Å². The highest BCUT2D eigenvalue weighted by molar-refractivity contribution is 5.68. The van der Waals surface area contributed by atoms with E-state index in [2.05, 4.69) is 4.90 Å². The van der Waals surface area contributed by atoms with Crippen LogP contribution in [0.3, 0.4) is 0 Å². The summed E-state index contributed by atoms with van der Waals surface area (Å²) in [4.78, 5) is 16.3. The first-order valence-corrected chi connectivity index (χ1v) is 7.33. The molecule has 1 atom stereocenters. The second-order valence-corrected chi connectivity index (χ2v) is 6.74. The second kappa shape index (κ2) is 5.67. The molecule has 2 N–H and O–H groups in total. The number of nitrogens with two attached hydrogens (primary N) is 1. The van der Waals surface area contributed by atoms with E-state index in [9.17, 15) is 4.79 Å². The molecule has 19 heavy (non-hydrogen) atoms. The van der Waals surface area contributed by atoms with Gasteiger partial charge in [-0.05, 0) is 40.0 Å². The Morgan fingerprint density at radius 3 is 2.26 bits per heavy atom. The Morgan fingerprint density at radius 1 is 1.16 bits per heavy atom. The van der Waals surface area contributed by atoms with Crippen molar-refractivity contribution >= 4 is 6.09 Å². The first kappa shape index (κ1) is 14.6. The standard InChI is InChI=1S/C14H27N3O2/c1-14(2,3)19-13(18)16-8-5-12(6-9-16)17-7-4-11(15)10-17/h11-12H,4-10,15H2,1-3H3/t11-/m0/s1. The van der Waals surface area contributed by atoms with Gasteiger partial charge in [0.2, 0.25) is 0 Å². The van der Waals surface area contributed by atoms with Crippen molar-refractivity contribution in [2.75, 3.05) is 26.2 Å². The predicted molar refractivity (Wildman–Crippen MR) is 75.0 cm³/mol. The fourth-order valence-corrected chi connectivity index (χ4v) is 2.89.